The normalized spacial score (nSPS) is 10.3. The number of ketones is 1. The molecule has 1 amide bonds. The van der Waals surface area contributed by atoms with Gasteiger partial charge in [0.15, 0.2) is 17.3 Å². The van der Waals surface area contributed by atoms with Crippen molar-refractivity contribution in [3.05, 3.63) is 47.5 Å². The highest BCUT2D eigenvalue weighted by Gasteiger charge is 2.15. The van der Waals surface area contributed by atoms with Crippen LogP contribution < -0.4 is 19.5 Å². The predicted octanol–water partition coefficient (Wildman–Crippen LogP) is 3.11. The molecule has 0 aliphatic carbocycles. The number of nitrogens with one attached hydrogen (secondary N) is 1. The van der Waals surface area contributed by atoms with Crippen molar-refractivity contribution in [3.63, 3.8) is 0 Å². The van der Waals surface area contributed by atoms with Crippen LogP contribution in [0.2, 0.25) is 0 Å². The summed E-state index contributed by atoms with van der Waals surface area (Å²) >= 11 is 0. The van der Waals surface area contributed by atoms with Crippen molar-refractivity contribution in [1.29, 1.82) is 0 Å². The van der Waals surface area contributed by atoms with Gasteiger partial charge in [0.1, 0.15) is 12.4 Å². The largest absolute Gasteiger partial charge is 0.497 e. The van der Waals surface area contributed by atoms with Crippen molar-refractivity contribution >= 4 is 17.4 Å². The number of Topliss-reactive ketones (excluding diaryl/α,β-unsaturated/α-hetero) is 1. The lowest BCUT2D eigenvalue weighted by atomic mass is 10.0. The maximum absolute atomic E-state index is 12.6. The second kappa shape index (κ2) is 10.3. The number of methoxy groups -OCH3 is 4. The van der Waals surface area contributed by atoms with Gasteiger partial charge in [-0.1, -0.05) is 12.1 Å². The van der Waals surface area contributed by atoms with Gasteiger partial charge in [-0.2, -0.15) is 0 Å². The van der Waals surface area contributed by atoms with E-state index in [4.69, 9.17) is 18.9 Å². The fraction of sp³-hybridized carbons (Fsp3) is 0.333. The summed E-state index contributed by atoms with van der Waals surface area (Å²) in [5.41, 5.74) is 1.89. The maximum atomic E-state index is 12.6. The van der Waals surface area contributed by atoms with E-state index in [-0.39, 0.29) is 24.7 Å². The Balaban J connectivity index is 2.23. The molecule has 7 nitrogen and oxygen atoms in total. The monoisotopic (exact) mass is 387 g/mol. The highest BCUT2D eigenvalue weighted by Crippen LogP contribution is 2.34. The first-order valence-corrected chi connectivity index (χ1v) is 8.73. The summed E-state index contributed by atoms with van der Waals surface area (Å²) in [5.74, 6) is 1.32. The van der Waals surface area contributed by atoms with Gasteiger partial charge in [0.25, 0.3) is 0 Å². The molecule has 0 spiro atoms. The quantitative estimate of drug-likeness (QED) is 0.631. The van der Waals surface area contributed by atoms with Gasteiger partial charge in [-0.15, -0.1) is 0 Å². The van der Waals surface area contributed by atoms with Crippen LogP contribution in [0, 0.1) is 0 Å². The van der Waals surface area contributed by atoms with Gasteiger partial charge in [0.05, 0.1) is 21.3 Å². The van der Waals surface area contributed by atoms with Crippen molar-refractivity contribution in [2.24, 2.45) is 0 Å². The molecule has 150 valence electrons. The Morgan fingerprint density at radius 2 is 1.64 bits per heavy atom. The fourth-order valence-electron chi connectivity index (χ4n) is 2.75. The smallest absolute Gasteiger partial charge is 0.250 e. The first-order valence-electron chi connectivity index (χ1n) is 8.73. The van der Waals surface area contributed by atoms with Gasteiger partial charge in [-0.25, -0.2) is 0 Å². The van der Waals surface area contributed by atoms with E-state index in [1.165, 1.54) is 21.3 Å². The number of anilines is 1. The molecule has 0 heterocycles. The van der Waals surface area contributed by atoms with Crippen molar-refractivity contribution in [2.45, 2.75) is 12.8 Å². The van der Waals surface area contributed by atoms with Gasteiger partial charge < -0.3 is 24.3 Å². The van der Waals surface area contributed by atoms with Crippen LogP contribution in [-0.4, -0.2) is 46.7 Å². The van der Waals surface area contributed by atoms with Crippen LogP contribution in [0.5, 0.6) is 17.2 Å². The van der Waals surface area contributed by atoms with Crippen LogP contribution in [0.1, 0.15) is 22.3 Å². The standard InChI is InChI=1S/C21H25NO6/c1-25-13-21(24)22-17-12-20(28-4)19(27-3)11-14(17)8-9-18(23)15-6-5-7-16(10-15)26-2/h5-7,10-12H,8-9,13H2,1-4H3,(H,22,24). The minimum absolute atomic E-state index is 0.0251. The van der Waals surface area contributed by atoms with E-state index in [1.807, 2.05) is 0 Å². The van der Waals surface area contributed by atoms with Crippen molar-refractivity contribution in [3.8, 4) is 17.2 Å². The van der Waals surface area contributed by atoms with E-state index in [0.717, 1.165) is 5.56 Å². The highest BCUT2D eigenvalue weighted by atomic mass is 16.5. The van der Waals surface area contributed by atoms with Crippen molar-refractivity contribution in [2.75, 3.05) is 40.4 Å². The number of carbonyl (C=O) groups excluding carboxylic acids is 2. The molecule has 0 aromatic heterocycles. The SMILES string of the molecule is COCC(=O)Nc1cc(OC)c(OC)cc1CCC(=O)c1cccc(OC)c1. The average molecular weight is 387 g/mol. The number of aryl methyl sites for hydroxylation is 1. The van der Waals surface area contributed by atoms with Crippen molar-refractivity contribution < 1.29 is 28.5 Å². The second-order valence-electron chi connectivity index (χ2n) is 6.00. The summed E-state index contributed by atoms with van der Waals surface area (Å²) in [6, 6.07) is 10.5. The zero-order valence-corrected chi connectivity index (χ0v) is 16.5. The Morgan fingerprint density at radius 3 is 2.29 bits per heavy atom. The maximum Gasteiger partial charge on any atom is 0.250 e. The van der Waals surface area contributed by atoms with Gasteiger partial charge >= 0.3 is 0 Å². The van der Waals surface area contributed by atoms with E-state index in [9.17, 15) is 9.59 Å². The Morgan fingerprint density at radius 1 is 0.929 bits per heavy atom. The molecule has 0 saturated heterocycles. The molecule has 0 aliphatic heterocycles. The van der Waals surface area contributed by atoms with Crippen LogP contribution in [0.4, 0.5) is 5.69 Å². The molecule has 1 N–H and O–H groups in total. The molecule has 2 aromatic carbocycles. The zero-order valence-electron chi connectivity index (χ0n) is 16.5. The fourth-order valence-corrected chi connectivity index (χ4v) is 2.75. The Hall–Kier alpha value is -3.06. The molecule has 0 aliphatic rings. The number of benzene rings is 2. The highest BCUT2D eigenvalue weighted by molar-refractivity contribution is 5.97. The first-order chi connectivity index (χ1) is 13.5. The molecule has 0 atom stereocenters. The van der Waals surface area contributed by atoms with E-state index >= 15 is 0 Å². The van der Waals surface area contributed by atoms with Crippen LogP contribution >= 0.6 is 0 Å². The summed E-state index contributed by atoms with van der Waals surface area (Å²) in [6.45, 7) is -0.0729. The number of hydrogen-bond donors (Lipinski definition) is 1. The molecule has 2 rings (SSSR count). The summed E-state index contributed by atoms with van der Waals surface area (Å²) in [6.07, 6.45) is 0.675. The van der Waals surface area contributed by atoms with E-state index in [2.05, 4.69) is 5.32 Å². The Labute approximate surface area is 164 Å². The van der Waals surface area contributed by atoms with Crippen molar-refractivity contribution in [1.82, 2.24) is 0 Å². The molecule has 0 unspecified atom stereocenters. The van der Waals surface area contributed by atoms with Gasteiger partial charge in [-0.05, 0) is 30.2 Å². The van der Waals surface area contributed by atoms with Crippen LogP contribution in [0.15, 0.2) is 36.4 Å². The van der Waals surface area contributed by atoms with Gasteiger partial charge in [-0.3, -0.25) is 9.59 Å². The van der Waals surface area contributed by atoms with E-state index in [0.29, 0.717) is 34.9 Å². The minimum Gasteiger partial charge on any atom is -0.497 e. The zero-order chi connectivity index (χ0) is 20.5. The van der Waals surface area contributed by atoms with Crippen LogP contribution in [0.25, 0.3) is 0 Å². The molecule has 0 radical (unpaired) electrons. The number of ether oxygens (including phenoxy) is 4. The van der Waals surface area contributed by atoms with E-state index in [1.54, 1.807) is 43.5 Å². The van der Waals surface area contributed by atoms with Crippen LogP contribution in [0.3, 0.4) is 0 Å². The number of carbonyl (C=O) groups is 2. The summed E-state index contributed by atoms with van der Waals surface area (Å²) < 4.78 is 20.7. The van der Waals surface area contributed by atoms with Gasteiger partial charge in [0.2, 0.25) is 5.91 Å². The number of rotatable bonds is 10. The third-order valence-corrected chi connectivity index (χ3v) is 4.17. The topological polar surface area (TPSA) is 83.1 Å². The minimum atomic E-state index is -0.296. The molecule has 28 heavy (non-hydrogen) atoms. The third-order valence-electron chi connectivity index (χ3n) is 4.17. The Kier molecular flexibility index (Phi) is 7.83. The summed E-state index contributed by atoms with van der Waals surface area (Å²) in [4.78, 5) is 24.5. The number of hydrogen-bond acceptors (Lipinski definition) is 6. The molecule has 2 aromatic rings. The summed E-state index contributed by atoms with van der Waals surface area (Å²) in [5, 5.41) is 2.79. The second-order valence-corrected chi connectivity index (χ2v) is 6.00. The number of amides is 1. The molecule has 0 saturated carbocycles. The van der Waals surface area contributed by atoms with Crippen LogP contribution in [-0.2, 0) is 16.0 Å². The molecule has 7 heteroatoms. The first kappa shape index (κ1) is 21.2. The predicted molar refractivity (Wildman–Crippen MR) is 106 cm³/mol. The third kappa shape index (κ3) is 5.47. The van der Waals surface area contributed by atoms with Gasteiger partial charge in [0, 0.05) is 30.8 Å². The lowest BCUT2D eigenvalue weighted by Crippen LogP contribution is -2.18. The lowest BCUT2D eigenvalue weighted by Gasteiger charge is -2.15. The molecule has 0 fully saturated rings. The summed E-state index contributed by atoms with van der Waals surface area (Å²) in [7, 11) is 6.06. The molecule has 0 bridgehead atoms. The molecular weight excluding hydrogens is 362 g/mol. The molecular formula is C21H25NO6. The van der Waals surface area contributed by atoms with E-state index < -0.39 is 0 Å². The lowest BCUT2D eigenvalue weighted by molar-refractivity contribution is -0.119. The average Bonchev–Trinajstić information content (AvgIpc) is 2.72. The Bertz CT molecular complexity index is 834.